The zero-order valence-corrected chi connectivity index (χ0v) is 15.0. The van der Waals surface area contributed by atoms with E-state index < -0.39 is 5.97 Å². The van der Waals surface area contributed by atoms with E-state index in [4.69, 9.17) is 4.74 Å². The van der Waals surface area contributed by atoms with Crippen LogP contribution in [-0.4, -0.2) is 24.3 Å². The molecular weight excluding hydrogens is 338 g/mol. The molecule has 1 aromatic carbocycles. The number of nitrogens with one attached hydrogen (secondary N) is 1. The second-order valence-electron chi connectivity index (χ2n) is 6.04. The van der Waals surface area contributed by atoms with Gasteiger partial charge in [-0.2, -0.15) is 0 Å². The molecule has 0 radical (unpaired) electrons. The summed E-state index contributed by atoms with van der Waals surface area (Å²) in [5.74, 6) is -0.832. The topological polar surface area (TPSA) is 72.5 Å². The van der Waals surface area contributed by atoms with Crippen molar-refractivity contribution >= 4 is 34.7 Å². The van der Waals surface area contributed by atoms with Crippen molar-refractivity contribution in [3.63, 3.8) is 0 Å². The molecule has 130 valence electrons. The molecule has 0 spiro atoms. The first-order valence-corrected chi connectivity index (χ1v) is 9.02. The van der Waals surface area contributed by atoms with Gasteiger partial charge in [0.05, 0.1) is 6.42 Å². The van der Waals surface area contributed by atoms with Crippen LogP contribution in [0.3, 0.4) is 0 Å². The number of aryl methyl sites for hydroxylation is 2. The van der Waals surface area contributed by atoms with Crippen molar-refractivity contribution in [3.8, 4) is 0 Å². The smallest absolute Gasteiger partial charge is 0.348 e. The van der Waals surface area contributed by atoms with E-state index in [1.165, 1.54) is 11.3 Å². The fourth-order valence-electron chi connectivity index (χ4n) is 2.83. The zero-order valence-electron chi connectivity index (χ0n) is 14.2. The third-order valence-electron chi connectivity index (χ3n) is 4.13. The summed E-state index contributed by atoms with van der Waals surface area (Å²) in [6.07, 6.45) is 2.21. The molecule has 1 aromatic heterocycles. The van der Waals surface area contributed by atoms with Crippen LogP contribution in [0.4, 0.5) is 5.69 Å². The summed E-state index contributed by atoms with van der Waals surface area (Å²) in [4.78, 5) is 37.4. The van der Waals surface area contributed by atoms with Crippen LogP contribution in [0, 0.1) is 6.92 Å². The quantitative estimate of drug-likeness (QED) is 0.634. The number of ketones is 1. The monoisotopic (exact) mass is 357 g/mol. The average Bonchev–Trinajstić information content (AvgIpc) is 3.14. The van der Waals surface area contributed by atoms with Crippen molar-refractivity contribution in [1.82, 2.24) is 0 Å². The third-order valence-corrected chi connectivity index (χ3v) is 5.20. The maximum absolute atomic E-state index is 12.3. The highest BCUT2D eigenvalue weighted by molar-refractivity contribution is 7.14. The molecule has 1 aliphatic heterocycles. The number of anilines is 1. The van der Waals surface area contributed by atoms with Gasteiger partial charge in [0.25, 0.3) is 0 Å². The van der Waals surface area contributed by atoms with Gasteiger partial charge < -0.3 is 10.1 Å². The SMILES string of the molecule is CCCc1cc(C(=O)OCC(=O)c2ccc3c(c2)CC(=O)N3)sc1C. The summed E-state index contributed by atoms with van der Waals surface area (Å²) in [6, 6.07) is 6.87. The minimum Gasteiger partial charge on any atom is -0.453 e. The predicted molar refractivity (Wildman–Crippen MR) is 96.4 cm³/mol. The fourth-order valence-corrected chi connectivity index (χ4v) is 3.79. The zero-order chi connectivity index (χ0) is 18.0. The van der Waals surface area contributed by atoms with E-state index in [-0.39, 0.29) is 24.7 Å². The van der Waals surface area contributed by atoms with Gasteiger partial charge in [-0.05, 0) is 48.7 Å². The molecule has 2 aromatic rings. The molecule has 1 N–H and O–H groups in total. The lowest BCUT2D eigenvalue weighted by atomic mass is 10.1. The molecule has 0 fully saturated rings. The molecule has 6 heteroatoms. The molecule has 2 heterocycles. The van der Waals surface area contributed by atoms with Gasteiger partial charge >= 0.3 is 5.97 Å². The number of rotatable bonds is 6. The first-order valence-electron chi connectivity index (χ1n) is 8.20. The minimum absolute atomic E-state index is 0.0815. The number of hydrogen-bond acceptors (Lipinski definition) is 5. The number of ether oxygens (including phenoxy) is 1. The van der Waals surface area contributed by atoms with Crippen molar-refractivity contribution in [3.05, 3.63) is 50.7 Å². The van der Waals surface area contributed by atoms with E-state index in [2.05, 4.69) is 12.2 Å². The number of fused-ring (bicyclic) bond motifs is 1. The number of carbonyl (C=O) groups is 3. The molecule has 1 amide bonds. The van der Waals surface area contributed by atoms with Gasteiger partial charge in [0.15, 0.2) is 12.4 Å². The van der Waals surface area contributed by atoms with Crippen LogP contribution in [0.1, 0.15) is 49.4 Å². The van der Waals surface area contributed by atoms with E-state index in [9.17, 15) is 14.4 Å². The Labute approximate surface area is 150 Å². The normalized spacial score (nSPS) is 12.6. The summed E-state index contributed by atoms with van der Waals surface area (Å²) in [6.45, 7) is 3.77. The number of hydrogen-bond donors (Lipinski definition) is 1. The molecule has 0 unspecified atom stereocenters. The number of benzene rings is 1. The molecule has 3 rings (SSSR count). The van der Waals surface area contributed by atoms with Crippen LogP contribution in [0.2, 0.25) is 0 Å². The highest BCUT2D eigenvalue weighted by Gasteiger charge is 2.20. The lowest BCUT2D eigenvalue weighted by Gasteiger charge is -2.05. The number of carbonyl (C=O) groups excluding carboxylic acids is 3. The Morgan fingerprint density at radius 2 is 2.08 bits per heavy atom. The van der Waals surface area contributed by atoms with Gasteiger partial charge in [0.2, 0.25) is 5.91 Å². The Morgan fingerprint density at radius 3 is 2.84 bits per heavy atom. The average molecular weight is 357 g/mol. The Morgan fingerprint density at radius 1 is 1.28 bits per heavy atom. The maximum Gasteiger partial charge on any atom is 0.348 e. The summed E-state index contributed by atoms with van der Waals surface area (Å²) < 4.78 is 5.17. The number of amides is 1. The standard InChI is InChI=1S/C19H19NO4S/c1-3-4-12-8-17(25-11(12)2)19(23)24-10-16(21)13-5-6-15-14(7-13)9-18(22)20-15/h5-8H,3-4,9-10H2,1-2H3,(H,20,22). The molecule has 0 saturated carbocycles. The molecule has 1 aliphatic rings. The second kappa shape index (κ2) is 7.19. The number of esters is 1. The summed E-state index contributed by atoms with van der Waals surface area (Å²) in [5.41, 5.74) is 3.12. The van der Waals surface area contributed by atoms with E-state index in [1.807, 2.05) is 13.0 Å². The van der Waals surface area contributed by atoms with Crippen LogP contribution in [-0.2, 0) is 22.4 Å². The summed E-state index contributed by atoms with van der Waals surface area (Å²) in [5, 5.41) is 2.72. The maximum atomic E-state index is 12.3. The fraction of sp³-hybridized carbons (Fsp3) is 0.316. The molecule has 5 nitrogen and oxygen atoms in total. The van der Waals surface area contributed by atoms with Crippen molar-refractivity contribution in [1.29, 1.82) is 0 Å². The van der Waals surface area contributed by atoms with Crippen LogP contribution in [0.5, 0.6) is 0 Å². The Balaban J connectivity index is 1.62. The largest absolute Gasteiger partial charge is 0.453 e. The Bertz CT molecular complexity index is 853. The van der Waals surface area contributed by atoms with Crippen LogP contribution >= 0.6 is 11.3 Å². The molecule has 0 atom stereocenters. The third kappa shape index (κ3) is 3.79. The van der Waals surface area contributed by atoms with E-state index >= 15 is 0 Å². The second-order valence-corrected chi connectivity index (χ2v) is 7.29. The first-order chi connectivity index (χ1) is 12.0. The first kappa shape index (κ1) is 17.4. The van der Waals surface area contributed by atoms with Crippen molar-refractivity contribution in [2.75, 3.05) is 11.9 Å². The predicted octanol–water partition coefficient (Wildman–Crippen LogP) is 3.54. The molecule has 0 saturated heterocycles. The van der Waals surface area contributed by atoms with Crippen LogP contribution < -0.4 is 5.32 Å². The van der Waals surface area contributed by atoms with Crippen LogP contribution in [0.15, 0.2) is 24.3 Å². The van der Waals surface area contributed by atoms with E-state index in [0.29, 0.717) is 10.4 Å². The van der Waals surface area contributed by atoms with E-state index in [0.717, 1.165) is 34.5 Å². The van der Waals surface area contributed by atoms with Gasteiger partial charge in [-0.1, -0.05) is 13.3 Å². The summed E-state index contributed by atoms with van der Waals surface area (Å²) >= 11 is 1.39. The van der Waals surface area contributed by atoms with Crippen molar-refractivity contribution in [2.45, 2.75) is 33.1 Å². The van der Waals surface area contributed by atoms with Gasteiger partial charge in [0.1, 0.15) is 4.88 Å². The lowest BCUT2D eigenvalue weighted by molar-refractivity contribution is -0.115. The molecule has 25 heavy (non-hydrogen) atoms. The Kier molecular flexibility index (Phi) is 4.99. The molecular formula is C19H19NO4S. The van der Waals surface area contributed by atoms with Gasteiger partial charge in [-0.25, -0.2) is 4.79 Å². The lowest BCUT2D eigenvalue weighted by Crippen LogP contribution is -2.13. The Hall–Kier alpha value is -2.47. The summed E-state index contributed by atoms with van der Waals surface area (Å²) in [7, 11) is 0. The number of Topliss-reactive ketones (excluding diaryl/α,β-unsaturated/α-hetero) is 1. The van der Waals surface area contributed by atoms with Crippen molar-refractivity contribution in [2.24, 2.45) is 0 Å². The van der Waals surface area contributed by atoms with Gasteiger partial charge in [-0.3, -0.25) is 9.59 Å². The minimum atomic E-state index is -0.471. The van der Waals surface area contributed by atoms with E-state index in [1.54, 1.807) is 18.2 Å². The highest BCUT2D eigenvalue weighted by atomic mass is 32.1. The number of thiophene rings is 1. The van der Waals surface area contributed by atoms with Crippen molar-refractivity contribution < 1.29 is 19.1 Å². The molecule has 0 aliphatic carbocycles. The van der Waals surface area contributed by atoms with Crippen LogP contribution in [0.25, 0.3) is 0 Å². The highest BCUT2D eigenvalue weighted by Crippen LogP contribution is 2.25. The van der Waals surface area contributed by atoms with Gasteiger partial charge in [0, 0.05) is 16.1 Å². The van der Waals surface area contributed by atoms with Gasteiger partial charge in [-0.15, -0.1) is 11.3 Å². The molecule has 0 bridgehead atoms.